The van der Waals surface area contributed by atoms with E-state index in [1.165, 1.54) is 12.8 Å². The van der Waals surface area contributed by atoms with Crippen LogP contribution in [0.1, 0.15) is 32.5 Å². The number of thioether (sulfide) groups is 1. The van der Waals surface area contributed by atoms with Crippen LogP contribution in [0.3, 0.4) is 0 Å². The molecule has 0 bridgehead atoms. The van der Waals surface area contributed by atoms with Gasteiger partial charge in [-0.15, -0.1) is 0 Å². The van der Waals surface area contributed by atoms with Crippen LogP contribution >= 0.6 is 23.4 Å². The third kappa shape index (κ3) is 3.63. The van der Waals surface area contributed by atoms with Gasteiger partial charge in [-0.25, -0.2) is 4.98 Å². The minimum absolute atomic E-state index is 0.342. The lowest BCUT2D eigenvalue weighted by atomic mass is 10.0. The number of nitrogens with zero attached hydrogens (tertiary/aromatic N) is 2. The molecule has 0 aliphatic carbocycles. The molecule has 0 aromatic carbocycles. The van der Waals surface area contributed by atoms with E-state index in [1.54, 1.807) is 6.20 Å². The lowest BCUT2D eigenvalue weighted by Gasteiger charge is -2.29. The van der Waals surface area contributed by atoms with Crippen LogP contribution in [0, 0.1) is 0 Å². The molecule has 0 radical (unpaired) electrons. The second-order valence-electron chi connectivity index (χ2n) is 4.25. The highest BCUT2D eigenvalue weighted by Crippen LogP contribution is 2.29. The Morgan fingerprint density at radius 3 is 2.53 bits per heavy atom. The van der Waals surface area contributed by atoms with Crippen molar-refractivity contribution in [3.05, 3.63) is 17.2 Å². The predicted octanol–water partition coefficient (Wildman–Crippen LogP) is 3.08. The van der Waals surface area contributed by atoms with E-state index in [4.69, 9.17) is 11.6 Å². The standard InChI is InChI=1S/C12H22ClN3S/c1-5-12(6-2,17-4)9-14-8-11-15-7-10(13)16(11)3/h7,14H,5-6,8-9H2,1-4H3. The molecule has 1 N–H and O–H groups in total. The lowest BCUT2D eigenvalue weighted by molar-refractivity contribution is 0.487. The molecule has 17 heavy (non-hydrogen) atoms. The first kappa shape index (κ1) is 14.9. The molecular weight excluding hydrogens is 254 g/mol. The summed E-state index contributed by atoms with van der Waals surface area (Å²) in [5.74, 6) is 0.984. The largest absolute Gasteiger partial charge is 0.321 e. The van der Waals surface area contributed by atoms with Crippen molar-refractivity contribution in [2.75, 3.05) is 12.8 Å². The number of nitrogens with one attached hydrogen (secondary N) is 1. The van der Waals surface area contributed by atoms with Crippen LogP contribution in [0.15, 0.2) is 6.20 Å². The van der Waals surface area contributed by atoms with E-state index < -0.39 is 0 Å². The zero-order valence-electron chi connectivity index (χ0n) is 11.1. The van der Waals surface area contributed by atoms with Crippen molar-refractivity contribution in [3.8, 4) is 0 Å². The Bertz CT molecular complexity index is 339. The van der Waals surface area contributed by atoms with Gasteiger partial charge in [-0.3, -0.25) is 0 Å². The number of hydrogen-bond donors (Lipinski definition) is 1. The second-order valence-corrected chi connectivity index (χ2v) is 5.92. The van der Waals surface area contributed by atoms with Gasteiger partial charge < -0.3 is 9.88 Å². The van der Waals surface area contributed by atoms with E-state index in [-0.39, 0.29) is 0 Å². The maximum Gasteiger partial charge on any atom is 0.128 e. The average molecular weight is 276 g/mol. The number of rotatable bonds is 7. The van der Waals surface area contributed by atoms with Gasteiger partial charge in [-0.2, -0.15) is 11.8 Å². The molecule has 0 fully saturated rings. The first-order valence-electron chi connectivity index (χ1n) is 6.00. The van der Waals surface area contributed by atoms with Crippen molar-refractivity contribution < 1.29 is 0 Å². The molecule has 0 atom stereocenters. The Morgan fingerprint density at radius 1 is 1.47 bits per heavy atom. The molecule has 0 unspecified atom stereocenters. The highest BCUT2D eigenvalue weighted by Gasteiger charge is 2.24. The van der Waals surface area contributed by atoms with Gasteiger partial charge in [0.25, 0.3) is 0 Å². The van der Waals surface area contributed by atoms with Gasteiger partial charge in [0.15, 0.2) is 0 Å². The number of halogens is 1. The quantitative estimate of drug-likeness (QED) is 0.829. The molecule has 98 valence electrons. The number of hydrogen-bond acceptors (Lipinski definition) is 3. The van der Waals surface area contributed by atoms with Crippen molar-refractivity contribution in [1.29, 1.82) is 0 Å². The van der Waals surface area contributed by atoms with E-state index in [0.29, 0.717) is 9.90 Å². The van der Waals surface area contributed by atoms with Crippen LogP contribution < -0.4 is 5.32 Å². The smallest absolute Gasteiger partial charge is 0.128 e. The average Bonchev–Trinajstić information content (AvgIpc) is 2.67. The number of aromatic nitrogens is 2. The molecule has 0 spiro atoms. The summed E-state index contributed by atoms with van der Waals surface area (Å²) >= 11 is 7.89. The monoisotopic (exact) mass is 275 g/mol. The highest BCUT2D eigenvalue weighted by molar-refractivity contribution is 8.00. The topological polar surface area (TPSA) is 29.9 Å². The van der Waals surface area contributed by atoms with Crippen LogP contribution in [0.2, 0.25) is 5.15 Å². The van der Waals surface area contributed by atoms with Gasteiger partial charge in [0.1, 0.15) is 11.0 Å². The molecule has 0 saturated carbocycles. The summed E-state index contributed by atoms with van der Waals surface area (Å²) < 4.78 is 2.25. The normalized spacial score (nSPS) is 12.1. The van der Waals surface area contributed by atoms with E-state index >= 15 is 0 Å². The minimum atomic E-state index is 0.342. The van der Waals surface area contributed by atoms with Crippen LogP contribution in [-0.2, 0) is 13.6 Å². The molecule has 0 aliphatic heterocycles. The molecular formula is C12H22ClN3S. The van der Waals surface area contributed by atoms with E-state index in [1.807, 2.05) is 23.4 Å². The van der Waals surface area contributed by atoms with Gasteiger partial charge in [0.2, 0.25) is 0 Å². The summed E-state index contributed by atoms with van der Waals surface area (Å²) in [6, 6.07) is 0. The third-order valence-corrected chi connectivity index (χ3v) is 5.42. The molecule has 1 aromatic heterocycles. The number of imidazole rings is 1. The summed E-state index contributed by atoms with van der Waals surface area (Å²) in [4.78, 5) is 4.27. The minimum Gasteiger partial charge on any atom is -0.321 e. The summed E-state index contributed by atoms with van der Waals surface area (Å²) in [5.41, 5.74) is 0. The van der Waals surface area contributed by atoms with Crippen molar-refractivity contribution in [3.63, 3.8) is 0 Å². The Kier molecular flexibility index (Phi) is 5.83. The first-order valence-corrected chi connectivity index (χ1v) is 7.60. The molecule has 0 aliphatic rings. The molecule has 0 saturated heterocycles. The van der Waals surface area contributed by atoms with Crippen molar-refractivity contribution in [2.45, 2.75) is 38.0 Å². The van der Waals surface area contributed by atoms with Gasteiger partial charge in [0, 0.05) is 18.3 Å². The van der Waals surface area contributed by atoms with Crippen LogP contribution in [0.5, 0.6) is 0 Å². The maximum atomic E-state index is 5.95. The van der Waals surface area contributed by atoms with Crippen molar-refractivity contribution in [2.24, 2.45) is 7.05 Å². The SMILES string of the molecule is CCC(CC)(CNCc1ncc(Cl)n1C)SC. The molecule has 1 aromatic rings. The summed E-state index contributed by atoms with van der Waals surface area (Å²) in [6.07, 6.45) is 6.24. The van der Waals surface area contributed by atoms with Crippen molar-refractivity contribution >= 4 is 23.4 Å². The molecule has 5 heteroatoms. The first-order chi connectivity index (χ1) is 8.08. The van der Waals surface area contributed by atoms with Gasteiger partial charge in [-0.05, 0) is 19.1 Å². The van der Waals surface area contributed by atoms with E-state index in [0.717, 1.165) is 18.9 Å². The zero-order chi connectivity index (χ0) is 12.9. The lowest BCUT2D eigenvalue weighted by Crippen LogP contribution is -2.36. The van der Waals surface area contributed by atoms with Gasteiger partial charge in [0.05, 0.1) is 12.7 Å². The highest BCUT2D eigenvalue weighted by atomic mass is 35.5. The third-order valence-electron chi connectivity index (χ3n) is 3.48. The Morgan fingerprint density at radius 2 is 2.12 bits per heavy atom. The maximum absolute atomic E-state index is 5.95. The Labute approximate surface area is 113 Å². The van der Waals surface area contributed by atoms with E-state index in [9.17, 15) is 0 Å². The Balaban J connectivity index is 2.49. The summed E-state index contributed by atoms with van der Waals surface area (Å²) in [7, 11) is 1.94. The molecule has 3 nitrogen and oxygen atoms in total. The van der Waals surface area contributed by atoms with Crippen LogP contribution in [-0.4, -0.2) is 27.1 Å². The molecule has 1 rings (SSSR count). The zero-order valence-corrected chi connectivity index (χ0v) is 12.7. The van der Waals surface area contributed by atoms with Crippen molar-refractivity contribution in [1.82, 2.24) is 14.9 Å². The summed E-state index contributed by atoms with van der Waals surface area (Å²) in [5, 5.41) is 4.17. The molecule has 0 amide bonds. The fraction of sp³-hybridized carbons (Fsp3) is 0.750. The fourth-order valence-corrected chi connectivity index (χ4v) is 2.82. The van der Waals surface area contributed by atoms with Gasteiger partial charge >= 0.3 is 0 Å². The van der Waals surface area contributed by atoms with Gasteiger partial charge in [-0.1, -0.05) is 25.4 Å². The molecule has 1 heterocycles. The Hall–Kier alpha value is -0.190. The predicted molar refractivity (Wildman–Crippen MR) is 76.8 cm³/mol. The van der Waals surface area contributed by atoms with Crippen LogP contribution in [0.25, 0.3) is 0 Å². The second kappa shape index (κ2) is 6.66. The fourth-order valence-electron chi connectivity index (χ4n) is 1.85. The van der Waals surface area contributed by atoms with Crippen LogP contribution in [0.4, 0.5) is 0 Å². The van der Waals surface area contributed by atoms with E-state index in [2.05, 4.69) is 30.4 Å². The summed E-state index contributed by atoms with van der Waals surface area (Å²) in [6.45, 7) is 6.27.